The number of carbonyl (C=O) groups is 2. The monoisotopic (exact) mass is 319 g/mol. The Kier molecular flexibility index (Phi) is 5.38. The highest BCUT2D eigenvalue weighted by molar-refractivity contribution is 6.33. The van der Waals surface area contributed by atoms with E-state index in [2.05, 4.69) is 5.32 Å². The molecule has 2 rings (SSSR count). The smallest absolute Gasteiger partial charge is 0.331 e. The molecule has 0 fully saturated rings. The lowest BCUT2D eigenvalue weighted by Gasteiger charge is -2.07. The molecule has 0 aliphatic carbocycles. The van der Waals surface area contributed by atoms with Crippen LogP contribution in [0.15, 0.2) is 47.1 Å². The van der Waals surface area contributed by atoms with Crippen molar-refractivity contribution in [2.24, 2.45) is 0 Å². The Balaban J connectivity index is 1.81. The number of amides is 1. The lowest BCUT2D eigenvalue weighted by molar-refractivity contribution is -0.142. The molecule has 0 unspecified atom stereocenters. The van der Waals surface area contributed by atoms with Crippen molar-refractivity contribution < 1.29 is 18.7 Å². The van der Waals surface area contributed by atoms with Crippen LogP contribution >= 0.6 is 11.6 Å². The van der Waals surface area contributed by atoms with Gasteiger partial charge in [0.25, 0.3) is 5.91 Å². The van der Waals surface area contributed by atoms with Crippen molar-refractivity contribution in [1.82, 2.24) is 0 Å². The number of halogens is 1. The molecule has 5 nitrogen and oxygen atoms in total. The quantitative estimate of drug-likeness (QED) is 0.677. The van der Waals surface area contributed by atoms with E-state index < -0.39 is 18.5 Å². The summed E-state index contributed by atoms with van der Waals surface area (Å²) in [5.41, 5.74) is 1.46. The number of anilines is 1. The van der Waals surface area contributed by atoms with Gasteiger partial charge in [-0.25, -0.2) is 4.79 Å². The molecule has 1 aromatic heterocycles. The molecule has 0 aliphatic rings. The van der Waals surface area contributed by atoms with E-state index >= 15 is 0 Å². The molecular formula is C16H14ClNO4. The van der Waals surface area contributed by atoms with Crippen molar-refractivity contribution in [3.63, 3.8) is 0 Å². The number of ether oxygens (including phenoxy) is 1. The van der Waals surface area contributed by atoms with E-state index in [-0.39, 0.29) is 0 Å². The second-order valence-electron chi connectivity index (χ2n) is 4.49. The molecule has 114 valence electrons. The van der Waals surface area contributed by atoms with Gasteiger partial charge < -0.3 is 14.5 Å². The summed E-state index contributed by atoms with van der Waals surface area (Å²) < 4.78 is 9.84. The topological polar surface area (TPSA) is 68.5 Å². The van der Waals surface area contributed by atoms with Gasteiger partial charge in [-0.3, -0.25) is 4.79 Å². The van der Waals surface area contributed by atoms with E-state index in [9.17, 15) is 9.59 Å². The molecule has 1 amide bonds. The summed E-state index contributed by atoms with van der Waals surface area (Å²) in [6, 6.07) is 8.63. The van der Waals surface area contributed by atoms with Gasteiger partial charge in [-0.2, -0.15) is 0 Å². The molecule has 0 spiro atoms. The van der Waals surface area contributed by atoms with Gasteiger partial charge in [-0.1, -0.05) is 17.7 Å². The van der Waals surface area contributed by atoms with Gasteiger partial charge in [-0.05, 0) is 42.8 Å². The van der Waals surface area contributed by atoms with Crippen LogP contribution < -0.4 is 5.32 Å². The molecule has 1 N–H and O–H groups in total. The number of hydrogen-bond donors (Lipinski definition) is 1. The Labute approximate surface area is 132 Å². The Morgan fingerprint density at radius 3 is 2.86 bits per heavy atom. The summed E-state index contributed by atoms with van der Waals surface area (Å²) in [6.07, 6.45) is 4.13. The van der Waals surface area contributed by atoms with Crippen molar-refractivity contribution in [2.75, 3.05) is 11.9 Å². The van der Waals surface area contributed by atoms with Crippen molar-refractivity contribution in [3.05, 3.63) is 59.0 Å². The van der Waals surface area contributed by atoms with Gasteiger partial charge in [0, 0.05) is 6.08 Å². The third-order valence-corrected chi connectivity index (χ3v) is 2.98. The van der Waals surface area contributed by atoms with Gasteiger partial charge in [0.05, 0.1) is 17.0 Å². The molecule has 6 heteroatoms. The third kappa shape index (κ3) is 4.79. The minimum absolute atomic E-state index is 0.397. The molecule has 0 atom stereocenters. The van der Waals surface area contributed by atoms with Crippen LogP contribution in [0.25, 0.3) is 6.08 Å². The molecular weight excluding hydrogens is 306 g/mol. The molecule has 0 saturated heterocycles. The predicted molar refractivity (Wildman–Crippen MR) is 83.5 cm³/mol. The van der Waals surface area contributed by atoms with Gasteiger partial charge >= 0.3 is 5.97 Å². The number of aryl methyl sites for hydroxylation is 1. The molecule has 0 saturated carbocycles. The van der Waals surface area contributed by atoms with Gasteiger partial charge in [0.15, 0.2) is 6.61 Å². The highest BCUT2D eigenvalue weighted by atomic mass is 35.5. The van der Waals surface area contributed by atoms with Crippen LogP contribution in [-0.2, 0) is 14.3 Å². The SMILES string of the molecule is Cc1ccc(NC(=O)COC(=O)/C=C/c2ccco2)c(Cl)c1. The first-order valence-electron chi connectivity index (χ1n) is 6.49. The maximum atomic E-state index is 11.7. The summed E-state index contributed by atoms with van der Waals surface area (Å²) in [5.74, 6) is -0.583. The van der Waals surface area contributed by atoms with Gasteiger partial charge in [0.1, 0.15) is 5.76 Å². The fourth-order valence-electron chi connectivity index (χ4n) is 1.63. The van der Waals surface area contributed by atoms with Crippen molar-refractivity contribution in [1.29, 1.82) is 0 Å². The minimum Gasteiger partial charge on any atom is -0.465 e. The zero-order chi connectivity index (χ0) is 15.9. The maximum absolute atomic E-state index is 11.7. The Morgan fingerprint density at radius 2 is 2.18 bits per heavy atom. The zero-order valence-electron chi connectivity index (χ0n) is 11.8. The second kappa shape index (κ2) is 7.47. The zero-order valence-corrected chi connectivity index (χ0v) is 12.6. The number of rotatable bonds is 5. The largest absolute Gasteiger partial charge is 0.465 e. The Morgan fingerprint density at radius 1 is 1.36 bits per heavy atom. The first-order valence-corrected chi connectivity index (χ1v) is 6.87. The molecule has 0 aliphatic heterocycles. The molecule has 1 heterocycles. The van der Waals surface area contributed by atoms with Crippen LogP contribution in [-0.4, -0.2) is 18.5 Å². The maximum Gasteiger partial charge on any atom is 0.331 e. The normalized spacial score (nSPS) is 10.6. The predicted octanol–water partition coefficient (Wildman–Crippen LogP) is 3.44. The summed E-state index contributed by atoms with van der Waals surface area (Å²) in [4.78, 5) is 23.1. The first-order chi connectivity index (χ1) is 10.5. The van der Waals surface area contributed by atoms with E-state index in [0.717, 1.165) is 5.56 Å². The summed E-state index contributed by atoms with van der Waals surface area (Å²) in [7, 11) is 0. The van der Waals surface area contributed by atoms with E-state index in [0.29, 0.717) is 16.5 Å². The van der Waals surface area contributed by atoms with Crippen LogP contribution in [0.5, 0.6) is 0 Å². The number of furan rings is 1. The van der Waals surface area contributed by atoms with Crippen LogP contribution in [0, 0.1) is 6.92 Å². The van der Waals surface area contributed by atoms with Crippen LogP contribution in [0.1, 0.15) is 11.3 Å². The standard InChI is InChI=1S/C16H14ClNO4/c1-11-4-6-14(13(17)9-11)18-15(19)10-22-16(20)7-5-12-3-2-8-21-12/h2-9H,10H2,1H3,(H,18,19)/b7-5+. The summed E-state index contributed by atoms with van der Waals surface area (Å²) >= 11 is 6.00. The van der Waals surface area contributed by atoms with Gasteiger partial charge in [-0.15, -0.1) is 0 Å². The Bertz CT molecular complexity index is 692. The first kappa shape index (κ1) is 15.9. The summed E-state index contributed by atoms with van der Waals surface area (Å²) in [5, 5.41) is 3.00. The molecule has 2 aromatic rings. The Hall–Kier alpha value is -2.53. The number of carbonyl (C=O) groups excluding carboxylic acids is 2. The highest BCUT2D eigenvalue weighted by Gasteiger charge is 2.08. The van der Waals surface area contributed by atoms with Crippen molar-refractivity contribution in [3.8, 4) is 0 Å². The number of esters is 1. The average molecular weight is 320 g/mol. The third-order valence-electron chi connectivity index (χ3n) is 2.67. The average Bonchev–Trinajstić information content (AvgIpc) is 2.99. The molecule has 22 heavy (non-hydrogen) atoms. The van der Waals surface area contributed by atoms with E-state index in [1.54, 1.807) is 24.3 Å². The van der Waals surface area contributed by atoms with Crippen LogP contribution in [0.3, 0.4) is 0 Å². The van der Waals surface area contributed by atoms with E-state index in [1.807, 2.05) is 13.0 Å². The fraction of sp³-hybridized carbons (Fsp3) is 0.125. The highest BCUT2D eigenvalue weighted by Crippen LogP contribution is 2.22. The number of nitrogens with one attached hydrogen (secondary N) is 1. The lowest BCUT2D eigenvalue weighted by atomic mass is 10.2. The van der Waals surface area contributed by atoms with E-state index in [1.165, 1.54) is 18.4 Å². The number of hydrogen-bond acceptors (Lipinski definition) is 4. The summed E-state index contributed by atoms with van der Waals surface area (Å²) in [6.45, 7) is 1.50. The van der Waals surface area contributed by atoms with Gasteiger partial charge in [0.2, 0.25) is 0 Å². The van der Waals surface area contributed by atoms with E-state index in [4.69, 9.17) is 20.8 Å². The second-order valence-corrected chi connectivity index (χ2v) is 4.90. The minimum atomic E-state index is -0.637. The molecule has 1 aromatic carbocycles. The van der Waals surface area contributed by atoms with Crippen molar-refractivity contribution in [2.45, 2.75) is 6.92 Å². The molecule has 0 bridgehead atoms. The van der Waals surface area contributed by atoms with Crippen LogP contribution in [0.2, 0.25) is 5.02 Å². The molecule has 0 radical (unpaired) electrons. The van der Waals surface area contributed by atoms with Crippen LogP contribution in [0.4, 0.5) is 5.69 Å². The lowest BCUT2D eigenvalue weighted by Crippen LogP contribution is -2.20. The fourth-order valence-corrected chi connectivity index (χ4v) is 1.91. The van der Waals surface area contributed by atoms with Crippen molar-refractivity contribution >= 4 is 35.2 Å². The number of benzene rings is 1.